The third kappa shape index (κ3) is 5.45. The largest absolute Gasteiger partial charge is 0.459 e. The van der Waals surface area contributed by atoms with Crippen molar-refractivity contribution in [2.75, 3.05) is 57.8 Å². The zero-order valence-corrected chi connectivity index (χ0v) is 20.4. The number of furan rings is 1. The van der Waals surface area contributed by atoms with E-state index < -0.39 is 0 Å². The fourth-order valence-corrected chi connectivity index (χ4v) is 4.69. The number of aromatic nitrogens is 1. The molecule has 2 saturated heterocycles. The van der Waals surface area contributed by atoms with Gasteiger partial charge in [0.1, 0.15) is 0 Å². The van der Waals surface area contributed by atoms with E-state index in [9.17, 15) is 4.79 Å². The van der Waals surface area contributed by atoms with Crippen LogP contribution < -0.4 is 10.2 Å². The van der Waals surface area contributed by atoms with Gasteiger partial charge in [0.25, 0.3) is 5.91 Å². The Labute approximate surface area is 198 Å². The molecular weight excluding hydrogens is 515 g/mol. The summed E-state index contributed by atoms with van der Waals surface area (Å²) in [6.45, 7) is 5.88. The molecule has 0 unspecified atom stereocenters. The lowest BCUT2D eigenvalue weighted by Gasteiger charge is -2.36. The Morgan fingerprint density at radius 3 is 2.60 bits per heavy atom. The van der Waals surface area contributed by atoms with Crippen LogP contribution in [0.1, 0.15) is 29.1 Å². The van der Waals surface area contributed by atoms with Crippen molar-refractivity contribution in [3.8, 4) is 0 Å². The molecule has 4 heterocycles. The quantitative estimate of drug-likeness (QED) is 0.354. The molecule has 30 heavy (non-hydrogen) atoms. The number of nitrogens with zero attached hydrogens (tertiary/aromatic N) is 5. The molecule has 2 fully saturated rings. The van der Waals surface area contributed by atoms with Crippen molar-refractivity contribution >= 4 is 52.3 Å². The molecule has 0 aromatic carbocycles. The second kappa shape index (κ2) is 11.0. The van der Waals surface area contributed by atoms with Gasteiger partial charge in [-0.25, -0.2) is 4.98 Å². The van der Waals surface area contributed by atoms with Crippen LogP contribution >= 0.6 is 35.3 Å². The summed E-state index contributed by atoms with van der Waals surface area (Å²) in [5.74, 6) is 1.23. The highest BCUT2D eigenvalue weighted by Gasteiger charge is 2.25. The fraction of sp³-hybridized carbons (Fsp3) is 0.550. The Kier molecular flexibility index (Phi) is 8.37. The predicted octanol–water partition coefficient (Wildman–Crippen LogP) is 2.53. The fourth-order valence-electron chi connectivity index (χ4n) is 3.78. The number of carbonyl (C=O) groups is 1. The molecule has 2 aromatic heterocycles. The Balaban J connectivity index is 0.00000256. The van der Waals surface area contributed by atoms with Gasteiger partial charge in [-0.15, -0.1) is 35.3 Å². The third-order valence-electron chi connectivity index (χ3n) is 5.39. The maximum Gasteiger partial charge on any atom is 0.289 e. The molecule has 0 bridgehead atoms. The average Bonchev–Trinajstić information content (AvgIpc) is 3.53. The lowest BCUT2D eigenvalue weighted by atomic mass is 10.3. The molecule has 8 nitrogen and oxygen atoms in total. The van der Waals surface area contributed by atoms with Crippen molar-refractivity contribution in [2.45, 2.75) is 19.3 Å². The van der Waals surface area contributed by atoms with E-state index in [2.05, 4.69) is 25.5 Å². The number of hydrogen-bond acceptors (Lipinski definition) is 6. The topological polar surface area (TPSA) is 77.2 Å². The van der Waals surface area contributed by atoms with E-state index in [1.54, 1.807) is 30.5 Å². The van der Waals surface area contributed by atoms with Crippen LogP contribution in [-0.2, 0) is 6.42 Å². The molecular formula is C20H29IN6O2S. The van der Waals surface area contributed by atoms with Crippen molar-refractivity contribution in [1.82, 2.24) is 20.1 Å². The maximum absolute atomic E-state index is 12.4. The summed E-state index contributed by atoms with van der Waals surface area (Å²) in [5.41, 5.74) is 1.13. The van der Waals surface area contributed by atoms with Gasteiger partial charge in [-0.1, -0.05) is 0 Å². The highest BCUT2D eigenvalue weighted by atomic mass is 127. The highest BCUT2D eigenvalue weighted by Crippen LogP contribution is 2.24. The number of halogens is 1. The lowest BCUT2D eigenvalue weighted by molar-refractivity contribution is 0.0658. The molecule has 1 amide bonds. The van der Waals surface area contributed by atoms with Gasteiger partial charge in [0.15, 0.2) is 16.9 Å². The van der Waals surface area contributed by atoms with E-state index in [-0.39, 0.29) is 29.9 Å². The SMILES string of the molecule is CN=C(NCCc1csc(N2CCCC2)n1)N1CCN(C(=O)c2ccco2)CC1.I. The first-order valence-electron chi connectivity index (χ1n) is 10.2. The van der Waals surface area contributed by atoms with Crippen LogP contribution in [0.2, 0.25) is 0 Å². The van der Waals surface area contributed by atoms with Crippen LogP contribution in [0.5, 0.6) is 0 Å². The molecule has 0 atom stereocenters. The lowest BCUT2D eigenvalue weighted by Crippen LogP contribution is -2.54. The van der Waals surface area contributed by atoms with Crippen molar-refractivity contribution in [2.24, 2.45) is 4.99 Å². The van der Waals surface area contributed by atoms with Gasteiger partial charge in [-0.2, -0.15) is 0 Å². The maximum atomic E-state index is 12.4. The van der Waals surface area contributed by atoms with Crippen LogP contribution in [-0.4, -0.2) is 79.5 Å². The summed E-state index contributed by atoms with van der Waals surface area (Å²) >= 11 is 1.74. The summed E-state index contributed by atoms with van der Waals surface area (Å²) in [4.78, 5) is 28.0. The van der Waals surface area contributed by atoms with E-state index in [0.717, 1.165) is 55.9 Å². The molecule has 0 radical (unpaired) electrons. The second-order valence-electron chi connectivity index (χ2n) is 7.30. The average molecular weight is 544 g/mol. The first kappa shape index (κ1) is 22.9. The van der Waals surface area contributed by atoms with Crippen molar-refractivity contribution in [1.29, 1.82) is 0 Å². The minimum absolute atomic E-state index is 0. The van der Waals surface area contributed by atoms with Crippen LogP contribution in [0.4, 0.5) is 5.13 Å². The van der Waals surface area contributed by atoms with Crippen LogP contribution in [0.15, 0.2) is 33.2 Å². The van der Waals surface area contributed by atoms with Gasteiger partial charge in [0.05, 0.1) is 12.0 Å². The van der Waals surface area contributed by atoms with Crippen LogP contribution in [0, 0.1) is 0 Å². The molecule has 1 N–H and O–H groups in total. The number of thiazole rings is 1. The smallest absolute Gasteiger partial charge is 0.289 e. The van der Waals surface area contributed by atoms with Gasteiger partial charge in [-0.05, 0) is 25.0 Å². The molecule has 2 aliphatic rings. The van der Waals surface area contributed by atoms with Gasteiger partial charge >= 0.3 is 0 Å². The van der Waals surface area contributed by atoms with Crippen LogP contribution in [0.3, 0.4) is 0 Å². The van der Waals surface area contributed by atoms with Crippen molar-refractivity contribution in [3.63, 3.8) is 0 Å². The Hall–Kier alpha value is -1.82. The number of amides is 1. The number of rotatable bonds is 5. The first-order valence-corrected chi connectivity index (χ1v) is 11.1. The van der Waals surface area contributed by atoms with Crippen molar-refractivity contribution in [3.05, 3.63) is 35.2 Å². The summed E-state index contributed by atoms with van der Waals surface area (Å²) in [7, 11) is 1.80. The van der Waals surface area contributed by atoms with E-state index >= 15 is 0 Å². The standard InChI is InChI=1S/C20H28N6O2S.HI/c1-21-19(22-7-6-16-15-29-20(23-16)26-8-2-3-9-26)25-12-10-24(11-13-25)18(27)17-5-4-14-28-17;/h4-5,14-15H,2-3,6-13H2,1H3,(H,21,22);1H. The van der Waals surface area contributed by atoms with E-state index in [0.29, 0.717) is 18.8 Å². The van der Waals surface area contributed by atoms with Crippen LogP contribution in [0.25, 0.3) is 0 Å². The number of anilines is 1. The molecule has 2 aromatic rings. The van der Waals surface area contributed by atoms with E-state index in [4.69, 9.17) is 9.40 Å². The zero-order valence-electron chi connectivity index (χ0n) is 17.2. The molecule has 0 saturated carbocycles. The van der Waals surface area contributed by atoms with E-state index in [1.807, 2.05) is 4.90 Å². The number of hydrogen-bond donors (Lipinski definition) is 1. The molecule has 164 valence electrons. The second-order valence-corrected chi connectivity index (χ2v) is 8.13. The molecule has 0 spiro atoms. The Morgan fingerprint density at radius 2 is 1.93 bits per heavy atom. The van der Waals surface area contributed by atoms with Gasteiger partial charge < -0.3 is 24.4 Å². The van der Waals surface area contributed by atoms with Crippen molar-refractivity contribution < 1.29 is 9.21 Å². The van der Waals surface area contributed by atoms with Gasteiger partial charge in [0, 0.05) is 64.7 Å². The monoisotopic (exact) mass is 544 g/mol. The number of piperazine rings is 1. The molecule has 10 heteroatoms. The molecule has 4 rings (SSSR count). The number of nitrogens with one attached hydrogen (secondary N) is 1. The normalized spacial score (nSPS) is 17.2. The number of aliphatic imine (C=N–C) groups is 1. The van der Waals surface area contributed by atoms with Gasteiger partial charge in [0.2, 0.25) is 0 Å². The Bertz CT molecular complexity index is 826. The summed E-state index contributed by atoms with van der Waals surface area (Å²) in [5, 5.41) is 6.76. The minimum Gasteiger partial charge on any atom is -0.459 e. The summed E-state index contributed by atoms with van der Waals surface area (Å²) < 4.78 is 5.22. The van der Waals surface area contributed by atoms with E-state index in [1.165, 1.54) is 19.1 Å². The summed E-state index contributed by atoms with van der Waals surface area (Å²) in [6, 6.07) is 3.45. The third-order valence-corrected chi connectivity index (χ3v) is 6.34. The first-order chi connectivity index (χ1) is 14.2. The van der Waals surface area contributed by atoms with Gasteiger partial charge in [-0.3, -0.25) is 9.79 Å². The highest BCUT2D eigenvalue weighted by molar-refractivity contribution is 14.0. The predicted molar refractivity (Wildman–Crippen MR) is 130 cm³/mol. The number of guanidine groups is 1. The minimum atomic E-state index is -0.0464. The number of carbonyl (C=O) groups excluding carboxylic acids is 1. The summed E-state index contributed by atoms with van der Waals surface area (Å²) in [6.07, 6.45) is 4.95. The molecule has 0 aliphatic carbocycles. The Morgan fingerprint density at radius 1 is 1.20 bits per heavy atom. The zero-order chi connectivity index (χ0) is 20.1. The molecule has 2 aliphatic heterocycles.